The lowest BCUT2D eigenvalue weighted by Crippen LogP contribution is -2.39. The van der Waals surface area contributed by atoms with Crippen LogP contribution in [0, 0.1) is 18.7 Å². The van der Waals surface area contributed by atoms with Gasteiger partial charge in [0.1, 0.15) is 5.82 Å². The number of amides is 2. The maximum atomic E-state index is 13.4. The molecule has 0 N–H and O–H groups in total. The highest BCUT2D eigenvalue weighted by molar-refractivity contribution is 5.79. The largest absolute Gasteiger partial charge is 0.342 e. The van der Waals surface area contributed by atoms with Gasteiger partial charge >= 0.3 is 0 Å². The predicted molar refractivity (Wildman–Crippen MR) is 94.6 cm³/mol. The maximum absolute atomic E-state index is 13.4. The molecule has 1 atom stereocenters. The molecule has 136 valence electrons. The number of carbonyl (C=O) groups is 2. The first kappa shape index (κ1) is 17.9. The summed E-state index contributed by atoms with van der Waals surface area (Å²) in [5, 5.41) is 0. The normalized spacial score (nSPS) is 21.0. The molecule has 2 fully saturated rings. The van der Waals surface area contributed by atoms with Crippen molar-refractivity contribution in [3.8, 4) is 0 Å². The van der Waals surface area contributed by atoms with Crippen molar-refractivity contribution in [2.24, 2.45) is 5.92 Å². The molecular formula is C20H27FN2O2. The molecule has 0 aromatic heterocycles. The van der Waals surface area contributed by atoms with Gasteiger partial charge in [0.2, 0.25) is 11.8 Å². The standard InChI is InChI=1S/C20H27FN2O2/c1-15-12-16(5-6-18(15)21)13-17-7-10-23(14-17)20(25)8-11-22-9-3-2-4-19(22)24/h5-6,12,17H,2-4,7-11,13-14H2,1H3. The fraction of sp³-hybridized carbons (Fsp3) is 0.600. The monoisotopic (exact) mass is 346 g/mol. The fourth-order valence-corrected chi connectivity index (χ4v) is 3.88. The van der Waals surface area contributed by atoms with Crippen molar-refractivity contribution in [1.82, 2.24) is 9.80 Å². The van der Waals surface area contributed by atoms with Crippen LogP contribution in [0.2, 0.25) is 0 Å². The number of hydrogen-bond acceptors (Lipinski definition) is 2. The first-order valence-electron chi connectivity index (χ1n) is 9.33. The van der Waals surface area contributed by atoms with E-state index in [0.717, 1.165) is 50.9 Å². The number of rotatable bonds is 5. The average Bonchev–Trinajstić information content (AvgIpc) is 3.06. The lowest BCUT2D eigenvalue weighted by Gasteiger charge is -2.27. The van der Waals surface area contributed by atoms with Crippen molar-refractivity contribution in [2.75, 3.05) is 26.2 Å². The van der Waals surface area contributed by atoms with E-state index in [1.165, 1.54) is 6.07 Å². The van der Waals surface area contributed by atoms with Crippen LogP contribution in [-0.4, -0.2) is 47.8 Å². The van der Waals surface area contributed by atoms with Crippen molar-refractivity contribution in [1.29, 1.82) is 0 Å². The Morgan fingerprint density at radius 2 is 2.12 bits per heavy atom. The quantitative estimate of drug-likeness (QED) is 0.822. The topological polar surface area (TPSA) is 40.6 Å². The van der Waals surface area contributed by atoms with Gasteiger partial charge in [0.15, 0.2) is 0 Å². The molecule has 0 radical (unpaired) electrons. The molecule has 5 heteroatoms. The molecule has 2 saturated heterocycles. The second-order valence-corrected chi connectivity index (χ2v) is 7.37. The SMILES string of the molecule is Cc1cc(CC2CCN(C(=O)CCN3CCCCC3=O)C2)ccc1F. The number of benzene rings is 1. The van der Waals surface area contributed by atoms with Crippen LogP contribution in [0.15, 0.2) is 18.2 Å². The van der Waals surface area contributed by atoms with Crippen LogP contribution in [0.4, 0.5) is 4.39 Å². The highest BCUT2D eigenvalue weighted by Gasteiger charge is 2.27. The van der Waals surface area contributed by atoms with E-state index < -0.39 is 0 Å². The van der Waals surface area contributed by atoms with Gasteiger partial charge in [-0.25, -0.2) is 4.39 Å². The molecule has 2 aliphatic heterocycles. The first-order chi connectivity index (χ1) is 12.0. The van der Waals surface area contributed by atoms with Crippen molar-refractivity contribution in [3.63, 3.8) is 0 Å². The summed E-state index contributed by atoms with van der Waals surface area (Å²) >= 11 is 0. The number of piperidine rings is 1. The summed E-state index contributed by atoms with van der Waals surface area (Å²) in [5.41, 5.74) is 1.81. The van der Waals surface area contributed by atoms with Crippen LogP contribution >= 0.6 is 0 Å². The third-order valence-electron chi connectivity index (χ3n) is 5.40. The second-order valence-electron chi connectivity index (χ2n) is 7.37. The van der Waals surface area contributed by atoms with Gasteiger partial charge in [-0.15, -0.1) is 0 Å². The average molecular weight is 346 g/mol. The van der Waals surface area contributed by atoms with E-state index in [0.29, 0.717) is 30.9 Å². The Kier molecular flexibility index (Phi) is 5.71. The first-order valence-corrected chi connectivity index (χ1v) is 9.33. The predicted octanol–water partition coefficient (Wildman–Crippen LogP) is 2.93. The molecule has 4 nitrogen and oxygen atoms in total. The van der Waals surface area contributed by atoms with Crippen molar-refractivity contribution in [2.45, 2.75) is 45.4 Å². The highest BCUT2D eigenvalue weighted by atomic mass is 19.1. The zero-order valence-electron chi connectivity index (χ0n) is 15.0. The molecule has 2 aliphatic rings. The molecule has 0 spiro atoms. The third kappa shape index (κ3) is 4.59. The van der Waals surface area contributed by atoms with E-state index in [2.05, 4.69) is 0 Å². The van der Waals surface area contributed by atoms with Crippen molar-refractivity contribution < 1.29 is 14.0 Å². The van der Waals surface area contributed by atoms with Gasteiger partial charge in [-0.2, -0.15) is 0 Å². The molecule has 25 heavy (non-hydrogen) atoms. The van der Waals surface area contributed by atoms with Crippen LogP contribution in [0.3, 0.4) is 0 Å². The minimum absolute atomic E-state index is 0.149. The maximum Gasteiger partial charge on any atom is 0.224 e. The summed E-state index contributed by atoms with van der Waals surface area (Å²) in [4.78, 5) is 28.0. The Labute approximate surface area is 149 Å². The Hall–Kier alpha value is -1.91. The minimum atomic E-state index is -0.167. The minimum Gasteiger partial charge on any atom is -0.342 e. The van der Waals surface area contributed by atoms with Gasteiger partial charge in [-0.3, -0.25) is 9.59 Å². The Morgan fingerprint density at radius 3 is 2.88 bits per heavy atom. The van der Waals surface area contributed by atoms with Crippen LogP contribution in [0.5, 0.6) is 0 Å². The molecule has 1 unspecified atom stereocenters. The molecule has 3 rings (SSSR count). The summed E-state index contributed by atoms with van der Waals surface area (Å²) in [5.74, 6) is 0.603. The van der Waals surface area contributed by atoms with Crippen LogP contribution in [0.1, 0.15) is 43.2 Å². The zero-order chi connectivity index (χ0) is 17.8. The summed E-state index contributed by atoms with van der Waals surface area (Å²) in [6.45, 7) is 4.68. The van der Waals surface area contributed by atoms with Gasteiger partial charge in [0, 0.05) is 39.0 Å². The van der Waals surface area contributed by atoms with Crippen molar-refractivity contribution >= 4 is 11.8 Å². The number of carbonyl (C=O) groups excluding carboxylic acids is 2. The molecule has 2 heterocycles. The molecule has 0 bridgehead atoms. The van der Waals surface area contributed by atoms with E-state index in [-0.39, 0.29) is 17.6 Å². The number of likely N-dealkylation sites (tertiary alicyclic amines) is 2. The van der Waals surface area contributed by atoms with E-state index >= 15 is 0 Å². The van der Waals surface area contributed by atoms with Gasteiger partial charge in [-0.1, -0.05) is 12.1 Å². The Morgan fingerprint density at radius 1 is 1.28 bits per heavy atom. The number of halogens is 1. The van der Waals surface area contributed by atoms with E-state index in [1.54, 1.807) is 6.92 Å². The Bertz CT molecular complexity index is 647. The Balaban J connectivity index is 1.46. The molecule has 0 aliphatic carbocycles. The van der Waals surface area contributed by atoms with Gasteiger partial charge in [0.25, 0.3) is 0 Å². The summed E-state index contributed by atoms with van der Waals surface area (Å²) in [6.07, 6.45) is 4.94. The van der Waals surface area contributed by atoms with Gasteiger partial charge in [0.05, 0.1) is 0 Å². The number of nitrogens with zero attached hydrogens (tertiary/aromatic N) is 2. The molecule has 0 saturated carbocycles. The van der Waals surface area contributed by atoms with Gasteiger partial charge in [-0.05, 0) is 55.7 Å². The summed E-state index contributed by atoms with van der Waals surface area (Å²) < 4.78 is 13.4. The summed E-state index contributed by atoms with van der Waals surface area (Å²) in [6, 6.07) is 5.27. The summed E-state index contributed by atoms with van der Waals surface area (Å²) in [7, 11) is 0. The lowest BCUT2D eigenvalue weighted by atomic mass is 9.97. The number of aryl methyl sites for hydroxylation is 1. The van der Waals surface area contributed by atoms with Crippen LogP contribution < -0.4 is 0 Å². The smallest absolute Gasteiger partial charge is 0.224 e. The molecule has 1 aromatic carbocycles. The van der Waals surface area contributed by atoms with Gasteiger partial charge < -0.3 is 9.80 Å². The van der Waals surface area contributed by atoms with E-state index in [9.17, 15) is 14.0 Å². The zero-order valence-corrected chi connectivity index (χ0v) is 15.0. The third-order valence-corrected chi connectivity index (χ3v) is 5.40. The number of hydrogen-bond donors (Lipinski definition) is 0. The fourth-order valence-electron chi connectivity index (χ4n) is 3.88. The molecular weight excluding hydrogens is 319 g/mol. The van der Waals surface area contributed by atoms with Crippen LogP contribution in [0.25, 0.3) is 0 Å². The lowest BCUT2D eigenvalue weighted by molar-refractivity contribution is -0.135. The van der Waals surface area contributed by atoms with E-state index in [4.69, 9.17) is 0 Å². The van der Waals surface area contributed by atoms with Crippen LogP contribution in [-0.2, 0) is 16.0 Å². The molecule has 1 aromatic rings. The second kappa shape index (κ2) is 7.98. The highest BCUT2D eigenvalue weighted by Crippen LogP contribution is 2.23. The molecule has 2 amide bonds. The van der Waals surface area contributed by atoms with E-state index in [1.807, 2.05) is 21.9 Å². The van der Waals surface area contributed by atoms with Crippen molar-refractivity contribution in [3.05, 3.63) is 35.1 Å².